The van der Waals surface area contributed by atoms with Crippen LogP contribution in [0.1, 0.15) is 34.8 Å². The predicted octanol–water partition coefficient (Wildman–Crippen LogP) is 3.72. The monoisotopic (exact) mass is 368 g/mol. The fourth-order valence-corrected chi connectivity index (χ4v) is 3.71. The average molecular weight is 368 g/mol. The number of hydrogen-bond acceptors (Lipinski definition) is 6. The number of rotatable bonds is 5. The Balaban J connectivity index is 1.41. The van der Waals surface area contributed by atoms with E-state index in [9.17, 15) is 4.79 Å². The molecule has 3 aromatic rings. The molecule has 26 heavy (non-hydrogen) atoms. The minimum atomic E-state index is -0.359. The molecule has 0 atom stereocenters. The molecule has 1 N–H and O–H groups in total. The van der Waals surface area contributed by atoms with E-state index < -0.39 is 0 Å². The lowest BCUT2D eigenvalue weighted by molar-refractivity contribution is 0.0907. The van der Waals surface area contributed by atoms with Crippen LogP contribution >= 0.6 is 11.3 Å². The van der Waals surface area contributed by atoms with Gasteiger partial charge in [0.25, 0.3) is 0 Å². The number of nitrogens with zero attached hydrogens (tertiary/aromatic N) is 3. The van der Waals surface area contributed by atoms with Crippen LogP contribution < -0.4 is 10.2 Å². The molecule has 134 valence electrons. The first-order chi connectivity index (χ1) is 12.8. The molecular formula is C19H20N4O2S. The second-order valence-corrected chi connectivity index (χ2v) is 7.31. The molecule has 0 unspecified atom stereocenters. The maximum atomic E-state index is 12.1. The van der Waals surface area contributed by atoms with Crippen molar-refractivity contribution in [3.8, 4) is 11.4 Å². The number of thiophene rings is 1. The van der Waals surface area contributed by atoms with E-state index in [1.165, 1.54) is 24.9 Å². The molecule has 0 aliphatic carbocycles. The van der Waals surface area contributed by atoms with Gasteiger partial charge in [-0.15, -0.1) is 11.3 Å². The van der Waals surface area contributed by atoms with Crippen molar-refractivity contribution in [1.29, 1.82) is 0 Å². The maximum absolute atomic E-state index is 12.1. The molecule has 0 saturated carbocycles. The molecule has 6 nitrogen and oxygen atoms in total. The van der Waals surface area contributed by atoms with Gasteiger partial charge in [0.2, 0.25) is 5.82 Å². The number of hydrogen-bond donors (Lipinski definition) is 1. The van der Waals surface area contributed by atoms with Crippen LogP contribution in [0.4, 0.5) is 5.69 Å². The highest BCUT2D eigenvalue weighted by Crippen LogP contribution is 2.23. The molecule has 1 saturated heterocycles. The highest BCUT2D eigenvalue weighted by molar-refractivity contribution is 7.09. The van der Waals surface area contributed by atoms with Crippen molar-refractivity contribution in [3.05, 3.63) is 52.5 Å². The number of benzene rings is 1. The second-order valence-electron chi connectivity index (χ2n) is 6.28. The lowest BCUT2D eigenvalue weighted by atomic mass is 10.1. The van der Waals surface area contributed by atoms with Crippen LogP contribution in [-0.4, -0.2) is 29.1 Å². The SMILES string of the molecule is O=C(NCc1cccs1)c1nc(-c2ccc(N3CCCCC3)cc2)no1. The summed E-state index contributed by atoms with van der Waals surface area (Å²) < 4.78 is 5.12. The zero-order chi connectivity index (χ0) is 17.8. The van der Waals surface area contributed by atoms with Gasteiger partial charge in [-0.3, -0.25) is 4.79 Å². The molecule has 1 aliphatic rings. The van der Waals surface area contributed by atoms with Crippen LogP contribution in [0.25, 0.3) is 11.4 Å². The molecule has 7 heteroatoms. The van der Waals surface area contributed by atoms with Crippen molar-refractivity contribution in [2.75, 3.05) is 18.0 Å². The van der Waals surface area contributed by atoms with Crippen LogP contribution in [0, 0.1) is 0 Å². The average Bonchev–Trinajstić information content (AvgIpc) is 3.39. The first kappa shape index (κ1) is 16.8. The first-order valence-corrected chi connectivity index (χ1v) is 9.67. The summed E-state index contributed by atoms with van der Waals surface area (Å²) in [6.45, 7) is 2.67. The third-order valence-corrected chi connectivity index (χ3v) is 5.35. The second kappa shape index (κ2) is 7.70. The summed E-state index contributed by atoms with van der Waals surface area (Å²) in [5, 5.41) is 8.70. The molecule has 1 aliphatic heterocycles. The quantitative estimate of drug-likeness (QED) is 0.743. The Morgan fingerprint density at radius 3 is 2.69 bits per heavy atom. The fourth-order valence-electron chi connectivity index (χ4n) is 3.06. The summed E-state index contributed by atoms with van der Waals surface area (Å²) >= 11 is 1.59. The smallest absolute Gasteiger partial charge is 0.316 e. The first-order valence-electron chi connectivity index (χ1n) is 8.79. The van der Waals surface area contributed by atoms with Gasteiger partial charge < -0.3 is 14.7 Å². The van der Waals surface area contributed by atoms with E-state index >= 15 is 0 Å². The molecule has 0 spiro atoms. The van der Waals surface area contributed by atoms with Gasteiger partial charge in [-0.25, -0.2) is 0 Å². The number of aromatic nitrogens is 2. The van der Waals surface area contributed by atoms with Crippen LogP contribution in [0.2, 0.25) is 0 Å². The Kier molecular flexibility index (Phi) is 4.97. The van der Waals surface area contributed by atoms with Gasteiger partial charge in [0.05, 0.1) is 6.54 Å². The Labute approximate surface area is 155 Å². The zero-order valence-electron chi connectivity index (χ0n) is 14.4. The zero-order valence-corrected chi connectivity index (χ0v) is 15.2. The fraction of sp³-hybridized carbons (Fsp3) is 0.316. The van der Waals surface area contributed by atoms with Gasteiger partial charge in [-0.1, -0.05) is 11.2 Å². The highest BCUT2D eigenvalue weighted by Gasteiger charge is 2.17. The van der Waals surface area contributed by atoms with Gasteiger partial charge in [0.15, 0.2) is 0 Å². The topological polar surface area (TPSA) is 71.3 Å². The maximum Gasteiger partial charge on any atom is 0.316 e. The minimum Gasteiger partial charge on any atom is -0.372 e. The number of piperidine rings is 1. The number of carbonyl (C=O) groups excluding carboxylic acids is 1. The molecule has 0 radical (unpaired) electrons. The largest absolute Gasteiger partial charge is 0.372 e. The van der Waals surface area contributed by atoms with Gasteiger partial charge in [0.1, 0.15) is 0 Å². The number of anilines is 1. The summed E-state index contributed by atoms with van der Waals surface area (Å²) in [7, 11) is 0. The molecule has 4 rings (SSSR count). The van der Waals surface area contributed by atoms with E-state index in [1.54, 1.807) is 11.3 Å². The molecule has 3 heterocycles. The lowest BCUT2D eigenvalue weighted by Crippen LogP contribution is -2.29. The van der Waals surface area contributed by atoms with Crippen LogP contribution in [0.3, 0.4) is 0 Å². The molecular weight excluding hydrogens is 348 g/mol. The van der Waals surface area contributed by atoms with Crippen molar-refractivity contribution >= 4 is 22.9 Å². The Morgan fingerprint density at radius 1 is 1.15 bits per heavy atom. The predicted molar refractivity (Wildman–Crippen MR) is 101 cm³/mol. The third kappa shape index (κ3) is 3.77. The van der Waals surface area contributed by atoms with E-state index in [-0.39, 0.29) is 11.8 Å². The number of amides is 1. The van der Waals surface area contributed by atoms with Crippen LogP contribution in [-0.2, 0) is 6.54 Å². The summed E-state index contributed by atoms with van der Waals surface area (Å²) in [5.74, 6) is 0.0511. The van der Waals surface area contributed by atoms with Gasteiger partial charge >= 0.3 is 11.8 Å². The lowest BCUT2D eigenvalue weighted by Gasteiger charge is -2.28. The third-order valence-electron chi connectivity index (χ3n) is 4.47. The van der Waals surface area contributed by atoms with Crippen LogP contribution in [0.5, 0.6) is 0 Å². The van der Waals surface area contributed by atoms with E-state index in [2.05, 4.69) is 32.5 Å². The van der Waals surface area contributed by atoms with Crippen molar-refractivity contribution in [3.63, 3.8) is 0 Å². The van der Waals surface area contributed by atoms with Crippen molar-refractivity contribution < 1.29 is 9.32 Å². The Hall–Kier alpha value is -2.67. The van der Waals surface area contributed by atoms with Crippen molar-refractivity contribution in [1.82, 2.24) is 15.5 Å². The van der Waals surface area contributed by atoms with Crippen LogP contribution in [0.15, 0.2) is 46.3 Å². The summed E-state index contributed by atoms with van der Waals surface area (Å²) in [6, 6.07) is 12.0. The Morgan fingerprint density at radius 2 is 1.96 bits per heavy atom. The van der Waals surface area contributed by atoms with Gasteiger partial charge in [0, 0.05) is 29.2 Å². The Bertz CT molecular complexity index is 852. The van der Waals surface area contributed by atoms with E-state index in [0.717, 1.165) is 23.5 Å². The van der Waals surface area contributed by atoms with Gasteiger partial charge in [-0.2, -0.15) is 4.98 Å². The van der Waals surface area contributed by atoms with Crippen molar-refractivity contribution in [2.45, 2.75) is 25.8 Å². The molecule has 1 aromatic carbocycles. The number of carbonyl (C=O) groups is 1. The molecule has 0 bridgehead atoms. The normalized spacial score (nSPS) is 14.4. The minimum absolute atomic E-state index is 0.0170. The van der Waals surface area contributed by atoms with E-state index in [1.807, 2.05) is 29.6 Å². The summed E-state index contributed by atoms with van der Waals surface area (Å²) in [5.41, 5.74) is 2.05. The van der Waals surface area contributed by atoms with E-state index in [0.29, 0.717) is 12.4 Å². The molecule has 2 aromatic heterocycles. The number of nitrogens with one attached hydrogen (secondary N) is 1. The summed E-state index contributed by atoms with van der Waals surface area (Å²) in [6.07, 6.45) is 3.81. The standard InChI is InChI=1S/C19H20N4O2S/c24-18(20-13-16-5-4-12-26-16)19-21-17(22-25-19)14-6-8-15(9-7-14)23-10-2-1-3-11-23/h4-9,12H,1-3,10-11,13H2,(H,20,24). The van der Waals surface area contributed by atoms with Crippen molar-refractivity contribution in [2.24, 2.45) is 0 Å². The summed E-state index contributed by atoms with van der Waals surface area (Å²) in [4.78, 5) is 19.8. The van der Waals surface area contributed by atoms with Gasteiger partial charge in [-0.05, 0) is 55.0 Å². The molecule has 1 amide bonds. The molecule has 1 fully saturated rings. The van der Waals surface area contributed by atoms with E-state index in [4.69, 9.17) is 4.52 Å². The highest BCUT2D eigenvalue weighted by atomic mass is 32.1.